The summed E-state index contributed by atoms with van der Waals surface area (Å²) in [4.78, 5) is 0. The lowest BCUT2D eigenvalue weighted by atomic mass is 9.99. The standard InChI is InChI=1S/C18H29NOS/c1-3-5-14-21(20)17-12-8-10-15-9-6-7-11-16(15)18(17)19-13-4-2/h6-7,9,11,17-19H,3-5,8,10,12-14H2,1-2H3. The Morgan fingerprint density at radius 1 is 1.24 bits per heavy atom. The molecule has 0 saturated carbocycles. The van der Waals surface area contributed by atoms with Crippen LogP contribution in [0.3, 0.4) is 0 Å². The number of benzene rings is 1. The van der Waals surface area contributed by atoms with Gasteiger partial charge in [-0.15, -0.1) is 0 Å². The zero-order valence-corrected chi connectivity index (χ0v) is 14.3. The first kappa shape index (κ1) is 16.7. The number of nitrogens with one attached hydrogen (secondary N) is 1. The van der Waals surface area contributed by atoms with Crippen LogP contribution in [-0.4, -0.2) is 21.8 Å². The minimum absolute atomic E-state index is 0.265. The average molecular weight is 308 g/mol. The van der Waals surface area contributed by atoms with Crippen molar-refractivity contribution in [2.75, 3.05) is 12.3 Å². The van der Waals surface area contributed by atoms with E-state index in [1.807, 2.05) is 0 Å². The molecule has 0 aromatic heterocycles. The molecule has 118 valence electrons. The number of fused-ring (bicyclic) bond motifs is 1. The SMILES string of the molecule is CCCCS(=O)C1CCCc2ccccc2C1NCCC. The van der Waals surface area contributed by atoms with E-state index in [-0.39, 0.29) is 11.3 Å². The molecule has 3 atom stereocenters. The minimum Gasteiger partial charge on any atom is -0.309 e. The fourth-order valence-corrected chi connectivity index (χ4v) is 5.04. The van der Waals surface area contributed by atoms with Gasteiger partial charge in [0, 0.05) is 22.6 Å². The second kappa shape index (κ2) is 8.70. The van der Waals surface area contributed by atoms with Crippen molar-refractivity contribution in [3.8, 4) is 0 Å². The van der Waals surface area contributed by atoms with Gasteiger partial charge in [0.1, 0.15) is 0 Å². The van der Waals surface area contributed by atoms with Crippen molar-refractivity contribution in [1.29, 1.82) is 0 Å². The lowest BCUT2D eigenvalue weighted by Crippen LogP contribution is -2.35. The Morgan fingerprint density at radius 2 is 2.05 bits per heavy atom. The van der Waals surface area contributed by atoms with Gasteiger partial charge in [-0.2, -0.15) is 0 Å². The predicted molar refractivity (Wildman–Crippen MR) is 92.1 cm³/mol. The van der Waals surface area contributed by atoms with E-state index >= 15 is 0 Å². The Bertz CT molecular complexity index is 460. The van der Waals surface area contributed by atoms with Crippen LogP contribution in [-0.2, 0) is 17.2 Å². The van der Waals surface area contributed by atoms with Crippen LogP contribution in [0.15, 0.2) is 24.3 Å². The van der Waals surface area contributed by atoms with Gasteiger partial charge >= 0.3 is 0 Å². The zero-order valence-electron chi connectivity index (χ0n) is 13.4. The molecular formula is C18H29NOS. The van der Waals surface area contributed by atoms with Crippen molar-refractivity contribution in [3.63, 3.8) is 0 Å². The quantitative estimate of drug-likeness (QED) is 0.772. The molecule has 0 spiro atoms. The second-order valence-electron chi connectivity index (χ2n) is 6.00. The number of unbranched alkanes of at least 4 members (excludes halogenated alkanes) is 1. The second-order valence-corrected chi connectivity index (χ2v) is 7.77. The van der Waals surface area contributed by atoms with Crippen molar-refractivity contribution in [1.82, 2.24) is 5.32 Å². The fraction of sp³-hybridized carbons (Fsp3) is 0.667. The molecule has 0 radical (unpaired) electrons. The predicted octanol–water partition coefficient (Wildman–Crippen LogP) is 3.98. The summed E-state index contributed by atoms with van der Waals surface area (Å²) in [6, 6.07) is 8.99. The van der Waals surface area contributed by atoms with Gasteiger partial charge in [0.2, 0.25) is 0 Å². The highest BCUT2D eigenvalue weighted by atomic mass is 32.2. The highest BCUT2D eigenvalue weighted by molar-refractivity contribution is 7.85. The first-order valence-electron chi connectivity index (χ1n) is 8.46. The van der Waals surface area contributed by atoms with Gasteiger partial charge in [0.25, 0.3) is 0 Å². The van der Waals surface area contributed by atoms with Crippen molar-refractivity contribution >= 4 is 10.8 Å². The molecule has 0 bridgehead atoms. The smallest absolute Gasteiger partial charge is 0.0543 e. The molecule has 0 heterocycles. The summed E-state index contributed by atoms with van der Waals surface area (Å²) in [5.41, 5.74) is 2.83. The first-order valence-corrected chi connectivity index (χ1v) is 9.84. The van der Waals surface area contributed by atoms with Crippen molar-refractivity contribution < 1.29 is 4.21 Å². The molecule has 1 aliphatic rings. The van der Waals surface area contributed by atoms with Gasteiger partial charge in [-0.3, -0.25) is 4.21 Å². The molecule has 1 N–H and O–H groups in total. The molecule has 1 aromatic carbocycles. The molecule has 3 unspecified atom stereocenters. The molecule has 0 amide bonds. The number of rotatable bonds is 7. The summed E-state index contributed by atoms with van der Waals surface area (Å²) in [7, 11) is -0.721. The van der Waals surface area contributed by atoms with Gasteiger partial charge in [-0.05, 0) is 49.8 Å². The summed E-state index contributed by atoms with van der Waals surface area (Å²) in [5.74, 6) is 0.855. The van der Waals surface area contributed by atoms with Crippen molar-refractivity contribution in [2.24, 2.45) is 0 Å². The van der Waals surface area contributed by atoms with Crippen LogP contribution < -0.4 is 5.32 Å². The summed E-state index contributed by atoms with van der Waals surface area (Å²) in [5, 5.41) is 3.95. The summed E-state index contributed by atoms with van der Waals surface area (Å²) in [6.07, 6.45) is 6.68. The third-order valence-electron chi connectivity index (χ3n) is 4.35. The van der Waals surface area contributed by atoms with E-state index in [0.717, 1.165) is 50.8 Å². The maximum atomic E-state index is 12.8. The highest BCUT2D eigenvalue weighted by Crippen LogP contribution is 2.32. The van der Waals surface area contributed by atoms with Crippen LogP contribution in [0.1, 0.15) is 63.1 Å². The molecule has 0 aliphatic heterocycles. The van der Waals surface area contributed by atoms with Crippen LogP contribution in [0.2, 0.25) is 0 Å². The molecule has 1 aliphatic carbocycles. The van der Waals surface area contributed by atoms with E-state index in [1.165, 1.54) is 11.1 Å². The van der Waals surface area contributed by atoms with Gasteiger partial charge in [0.05, 0.1) is 5.25 Å². The van der Waals surface area contributed by atoms with E-state index in [1.54, 1.807) is 0 Å². The van der Waals surface area contributed by atoms with Gasteiger partial charge < -0.3 is 5.32 Å². The summed E-state index contributed by atoms with van der Waals surface area (Å²) >= 11 is 0. The Hall–Kier alpha value is -0.670. The molecule has 2 nitrogen and oxygen atoms in total. The van der Waals surface area contributed by atoms with E-state index < -0.39 is 10.8 Å². The molecule has 0 saturated heterocycles. The third-order valence-corrected chi connectivity index (χ3v) is 6.22. The van der Waals surface area contributed by atoms with Gasteiger partial charge in [0.15, 0.2) is 0 Å². The molecule has 0 fully saturated rings. The van der Waals surface area contributed by atoms with Crippen LogP contribution in [0, 0.1) is 0 Å². The van der Waals surface area contributed by atoms with E-state index in [4.69, 9.17) is 0 Å². The van der Waals surface area contributed by atoms with Crippen LogP contribution in [0.25, 0.3) is 0 Å². The van der Waals surface area contributed by atoms with Crippen LogP contribution in [0.5, 0.6) is 0 Å². The Morgan fingerprint density at radius 3 is 2.81 bits per heavy atom. The lowest BCUT2D eigenvalue weighted by Gasteiger charge is -2.27. The molecular weight excluding hydrogens is 278 g/mol. The summed E-state index contributed by atoms with van der Waals surface area (Å²) in [6.45, 7) is 5.37. The Kier molecular flexibility index (Phi) is 6.91. The lowest BCUT2D eigenvalue weighted by molar-refractivity contribution is 0.490. The summed E-state index contributed by atoms with van der Waals surface area (Å²) < 4.78 is 12.8. The van der Waals surface area contributed by atoms with Gasteiger partial charge in [-0.25, -0.2) is 0 Å². The number of aryl methyl sites for hydroxylation is 1. The van der Waals surface area contributed by atoms with E-state index in [2.05, 4.69) is 43.4 Å². The number of hydrogen-bond acceptors (Lipinski definition) is 2. The first-order chi connectivity index (χ1) is 10.3. The monoisotopic (exact) mass is 307 g/mol. The Balaban J connectivity index is 2.23. The normalized spacial score (nSPS) is 23.3. The van der Waals surface area contributed by atoms with Gasteiger partial charge in [-0.1, -0.05) is 44.5 Å². The minimum atomic E-state index is -0.721. The molecule has 1 aromatic rings. The fourth-order valence-electron chi connectivity index (χ4n) is 3.19. The number of hydrogen-bond donors (Lipinski definition) is 1. The zero-order chi connectivity index (χ0) is 15.1. The largest absolute Gasteiger partial charge is 0.309 e. The van der Waals surface area contributed by atoms with Crippen LogP contribution in [0.4, 0.5) is 0 Å². The molecule has 2 rings (SSSR count). The molecule has 21 heavy (non-hydrogen) atoms. The maximum Gasteiger partial charge on any atom is 0.0543 e. The van der Waals surface area contributed by atoms with E-state index in [0.29, 0.717) is 0 Å². The maximum absolute atomic E-state index is 12.8. The van der Waals surface area contributed by atoms with E-state index in [9.17, 15) is 4.21 Å². The topological polar surface area (TPSA) is 29.1 Å². The molecule has 3 heteroatoms. The third kappa shape index (κ3) is 4.40. The van der Waals surface area contributed by atoms with Crippen LogP contribution >= 0.6 is 0 Å². The van der Waals surface area contributed by atoms with Crippen molar-refractivity contribution in [2.45, 2.75) is 63.7 Å². The highest BCUT2D eigenvalue weighted by Gasteiger charge is 2.30. The Labute approximate surface area is 132 Å². The average Bonchev–Trinajstić information content (AvgIpc) is 2.70. The van der Waals surface area contributed by atoms with Crippen molar-refractivity contribution in [3.05, 3.63) is 35.4 Å².